The monoisotopic (exact) mass is 160 g/mol. The van der Waals surface area contributed by atoms with E-state index in [1.54, 1.807) is 11.8 Å². The van der Waals surface area contributed by atoms with Gasteiger partial charge in [-0.1, -0.05) is 6.08 Å². The van der Waals surface area contributed by atoms with Crippen LogP contribution in [0.2, 0.25) is 0 Å². The van der Waals surface area contributed by atoms with Crippen LogP contribution in [0.3, 0.4) is 0 Å². The van der Waals surface area contributed by atoms with E-state index in [2.05, 4.69) is 18.7 Å². The van der Waals surface area contributed by atoms with Crippen LogP contribution in [0.4, 0.5) is 0 Å². The third kappa shape index (κ3) is 1.76. The van der Waals surface area contributed by atoms with Crippen molar-refractivity contribution in [2.75, 3.05) is 5.75 Å². The van der Waals surface area contributed by atoms with Gasteiger partial charge in [0, 0.05) is 10.7 Å². The smallest absolute Gasteiger partial charge is 0.137 e. The molecular weight excluding hydrogens is 152 g/mol. The summed E-state index contributed by atoms with van der Waals surface area (Å²) >= 11 is 5.80. The number of rotatable bonds is 2. The fourth-order valence-corrected chi connectivity index (χ4v) is 1.97. The summed E-state index contributed by atoms with van der Waals surface area (Å²) in [6.45, 7) is 0. The second-order valence-corrected chi connectivity index (χ2v) is 3.55. The maximum absolute atomic E-state index is 10.2. The number of carbonyl (C=O) groups is 1. The van der Waals surface area contributed by atoms with E-state index in [-0.39, 0.29) is 5.25 Å². The Labute approximate surface area is 64.3 Å². The Morgan fingerprint density at radius 3 is 3.11 bits per heavy atom. The molecule has 0 fully saturated rings. The van der Waals surface area contributed by atoms with Gasteiger partial charge < -0.3 is 4.79 Å². The standard InChI is InChI=1S/C6H8OS2/c7-4-5(8)6-2-1-3-9-6/h2,4-5,8H,1,3H2. The Hall–Kier alpha value is 0.110. The molecule has 50 valence electrons. The number of hydrogen-bond donors (Lipinski definition) is 1. The van der Waals surface area contributed by atoms with E-state index in [1.807, 2.05) is 0 Å². The topological polar surface area (TPSA) is 17.1 Å². The van der Waals surface area contributed by atoms with Crippen LogP contribution in [-0.4, -0.2) is 17.3 Å². The zero-order chi connectivity index (χ0) is 6.69. The predicted octanol–water partition coefficient (Wildman–Crippen LogP) is 1.50. The van der Waals surface area contributed by atoms with Gasteiger partial charge in [0.1, 0.15) is 6.29 Å². The molecule has 0 bridgehead atoms. The number of allylic oxidation sites excluding steroid dienone is 1. The second kappa shape index (κ2) is 3.32. The van der Waals surface area contributed by atoms with Crippen molar-refractivity contribution in [3.8, 4) is 0 Å². The normalized spacial score (nSPS) is 21.2. The molecule has 0 aliphatic carbocycles. The molecular formula is C6H8OS2. The Morgan fingerprint density at radius 1 is 1.89 bits per heavy atom. The van der Waals surface area contributed by atoms with Crippen LogP contribution in [-0.2, 0) is 4.79 Å². The van der Waals surface area contributed by atoms with Crippen LogP contribution in [0.25, 0.3) is 0 Å². The lowest BCUT2D eigenvalue weighted by Gasteiger charge is -2.00. The summed E-state index contributed by atoms with van der Waals surface area (Å²) in [6, 6.07) is 0. The van der Waals surface area contributed by atoms with Gasteiger partial charge in [0.15, 0.2) is 0 Å². The van der Waals surface area contributed by atoms with Crippen LogP contribution < -0.4 is 0 Å². The first-order chi connectivity index (χ1) is 4.34. The van der Waals surface area contributed by atoms with Gasteiger partial charge in [-0.2, -0.15) is 12.6 Å². The van der Waals surface area contributed by atoms with E-state index in [0.29, 0.717) is 0 Å². The molecule has 0 aromatic rings. The van der Waals surface area contributed by atoms with Crippen molar-refractivity contribution in [3.63, 3.8) is 0 Å². The Kier molecular flexibility index (Phi) is 2.66. The molecule has 0 radical (unpaired) electrons. The van der Waals surface area contributed by atoms with E-state index < -0.39 is 0 Å². The summed E-state index contributed by atoms with van der Waals surface area (Å²) in [5.74, 6) is 1.11. The summed E-state index contributed by atoms with van der Waals surface area (Å²) in [5.41, 5.74) is 0. The quantitative estimate of drug-likeness (QED) is 0.487. The predicted molar refractivity (Wildman–Crippen MR) is 44.0 cm³/mol. The van der Waals surface area contributed by atoms with Gasteiger partial charge in [-0.05, 0) is 6.42 Å². The zero-order valence-corrected chi connectivity index (χ0v) is 6.62. The molecule has 0 aromatic heterocycles. The summed E-state index contributed by atoms with van der Waals surface area (Å²) in [7, 11) is 0. The van der Waals surface area contributed by atoms with Gasteiger partial charge in [-0.15, -0.1) is 11.8 Å². The van der Waals surface area contributed by atoms with Crippen molar-refractivity contribution in [3.05, 3.63) is 11.0 Å². The van der Waals surface area contributed by atoms with E-state index in [4.69, 9.17) is 0 Å². The average molecular weight is 160 g/mol. The molecule has 1 atom stereocenters. The van der Waals surface area contributed by atoms with Crippen molar-refractivity contribution in [2.45, 2.75) is 11.7 Å². The first kappa shape index (κ1) is 7.22. The minimum absolute atomic E-state index is 0.169. The lowest BCUT2D eigenvalue weighted by Crippen LogP contribution is -1.98. The van der Waals surface area contributed by atoms with Crippen LogP contribution >= 0.6 is 24.4 Å². The molecule has 0 N–H and O–H groups in total. The number of aldehydes is 1. The highest BCUT2D eigenvalue weighted by atomic mass is 32.2. The van der Waals surface area contributed by atoms with Crippen molar-refractivity contribution >= 4 is 30.7 Å². The molecule has 1 unspecified atom stereocenters. The van der Waals surface area contributed by atoms with Gasteiger partial charge in [0.2, 0.25) is 0 Å². The van der Waals surface area contributed by atoms with E-state index in [0.717, 1.165) is 23.4 Å². The minimum Gasteiger partial charge on any atom is -0.302 e. The van der Waals surface area contributed by atoms with Crippen molar-refractivity contribution in [1.82, 2.24) is 0 Å². The number of thiol groups is 1. The van der Waals surface area contributed by atoms with Gasteiger partial charge in [-0.25, -0.2) is 0 Å². The fraction of sp³-hybridized carbons (Fsp3) is 0.500. The Morgan fingerprint density at radius 2 is 2.67 bits per heavy atom. The summed E-state index contributed by atoms with van der Waals surface area (Å²) in [6.07, 6.45) is 4.04. The lowest BCUT2D eigenvalue weighted by atomic mass is 10.3. The molecule has 0 amide bonds. The summed E-state index contributed by atoms with van der Waals surface area (Å²) in [4.78, 5) is 11.3. The summed E-state index contributed by atoms with van der Waals surface area (Å²) in [5, 5.41) is -0.169. The molecule has 0 saturated carbocycles. The molecule has 1 rings (SSSR count). The molecule has 0 aromatic carbocycles. The van der Waals surface area contributed by atoms with Gasteiger partial charge in [-0.3, -0.25) is 0 Å². The zero-order valence-electron chi connectivity index (χ0n) is 4.91. The maximum atomic E-state index is 10.2. The average Bonchev–Trinajstić information content (AvgIpc) is 2.37. The van der Waals surface area contributed by atoms with Gasteiger partial charge in [0.05, 0.1) is 5.25 Å². The lowest BCUT2D eigenvalue weighted by molar-refractivity contribution is -0.106. The first-order valence-corrected chi connectivity index (χ1v) is 4.31. The van der Waals surface area contributed by atoms with E-state index >= 15 is 0 Å². The van der Waals surface area contributed by atoms with E-state index in [1.165, 1.54) is 0 Å². The van der Waals surface area contributed by atoms with Gasteiger partial charge >= 0.3 is 0 Å². The first-order valence-electron chi connectivity index (χ1n) is 2.81. The number of hydrogen-bond acceptors (Lipinski definition) is 3. The van der Waals surface area contributed by atoms with E-state index in [9.17, 15) is 4.79 Å². The number of thioether (sulfide) groups is 1. The fourth-order valence-electron chi connectivity index (χ4n) is 0.710. The third-order valence-corrected chi connectivity index (χ3v) is 2.92. The van der Waals surface area contributed by atoms with Crippen LogP contribution in [0, 0.1) is 0 Å². The van der Waals surface area contributed by atoms with Crippen molar-refractivity contribution in [1.29, 1.82) is 0 Å². The molecule has 3 heteroatoms. The highest BCUT2D eigenvalue weighted by Gasteiger charge is 2.11. The second-order valence-electron chi connectivity index (χ2n) is 1.82. The molecule has 9 heavy (non-hydrogen) atoms. The Bertz CT molecular complexity index is 142. The highest BCUT2D eigenvalue weighted by molar-refractivity contribution is 8.04. The molecule has 1 nitrogen and oxygen atoms in total. The minimum atomic E-state index is -0.169. The third-order valence-electron chi connectivity index (χ3n) is 1.15. The van der Waals surface area contributed by atoms with Crippen LogP contribution in [0.15, 0.2) is 11.0 Å². The van der Waals surface area contributed by atoms with Crippen LogP contribution in [0.1, 0.15) is 6.42 Å². The molecule has 1 aliphatic heterocycles. The van der Waals surface area contributed by atoms with Crippen molar-refractivity contribution in [2.24, 2.45) is 0 Å². The molecule has 0 spiro atoms. The number of carbonyl (C=O) groups excluding carboxylic acids is 1. The molecule has 0 saturated heterocycles. The summed E-state index contributed by atoms with van der Waals surface area (Å²) < 4.78 is 0. The van der Waals surface area contributed by atoms with Crippen molar-refractivity contribution < 1.29 is 4.79 Å². The molecule has 1 aliphatic rings. The SMILES string of the molecule is O=CC(S)C1=CCCS1. The molecule has 1 heterocycles. The Balaban J connectivity index is 2.50. The maximum Gasteiger partial charge on any atom is 0.137 e. The largest absolute Gasteiger partial charge is 0.302 e. The van der Waals surface area contributed by atoms with Crippen LogP contribution in [0.5, 0.6) is 0 Å². The van der Waals surface area contributed by atoms with Gasteiger partial charge in [0.25, 0.3) is 0 Å². The highest BCUT2D eigenvalue weighted by Crippen LogP contribution is 2.28.